The Morgan fingerprint density at radius 1 is 1.20 bits per heavy atom. The van der Waals surface area contributed by atoms with E-state index in [1.807, 2.05) is 18.2 Å². The summed E-state index contributed by atoms with van der Waals surface area (Å²) in [6.07, 6.45) is 3.71. The monoisotopic (exact) mass is 338 g/mol. The van der Waals surface area contributed by atoms with Crippen LogP contribution in [0.3, 0.4) is 0 Å². The molecule has 1 fully saturated rings. The fraction of sp³-hybridized carbons (Fsp3) is 0.368. The van der Waals surface area contributed by atoms with Crippen molar-refractivity contribution in [2.24, 2.45) is 0 Å². The molecule has 4 rings (SSSR count). The Labute approximate surface area is 147 Å². The molecule has 1 atom stereocenters. The van der Waals surface area contributed by atoms with Crippen molar-refractivity contribution in [2.45, 2.75) is 25.3 Å². The predicted octanol–water partition coefficient (Wildman–Crippen LogP) is 2.88. The number of anilines is 2. The molecular weight excluding hydrogens is 316 g/mol. The molecule has 1 aromatic carbocycles. The highest BCUT2D eigenvalue weighted by molar-refractivity contribution is 5.99. The van der Waals surface area contributed by atoms with Crippen LogP contribution in [0.25, 0.3) is 0 Å². The van der Waals surface area contributed by atoms with Crippen LogP contribution >= 0.6 is 0 Å². The van der Waals surface area contributed by atoms with Crippen molar-refractivity contribution in [2.75, 3.05) is 30.4 Å². The number of carbonyl (C=O) groups is 1. The Bertz CT molecular complexity index is 755. The van der Waals surface area contributed by atoms with E-state index in [4.69, 9.17) is 4.74 Å². The Hall–Kier alpha value is -2.44. The van der Waals surface area contributed by atoms with Crippen LogP contribution in [-0.4, -0.2) is 30.8 Å². The lowest BCUT2D eigenvalue weighted by atomic mass is 9.98. The Morgan fingerprint density at radius 3 is 2.84 bits per heavy atom. The van der Waals surface area contributed by atoms with Gasteiger partial charge in [0.1, 0.15) is 0 Å². The van der Waals surface area contributed by atoms with Gasteiger partial charge in [0.25, 0.3) is 0 Å². The van der Waals surface area contributed by atoms with E-state index in [1.165, 1.54) is 5.56 Å². The summed E-state index contributed by atoms with van der Waals surface area (Å²) in [7, 11) is 0. The molecule has 2 aliphatic rings. The van der Waals surface area contributed by atoms with E-state index in [-0.39, 0.29) is 6.03 Å². The molecule has 0 bridgehead atoms. The van der Waals surface area contributed by atoms with Crippen molar-refractivity contribution in [3.63, 3.8) is 0 Å². The molecule has 0 saturated carbocycles. The van der Waals surface area contributed by atoms with Crippen molar-refractivity contribution in [1.82, 2.24) is 10.3 Å². The van der Waals surface area contributed by atoms with Crippen LogP contribution in [0.4, 0.5) is 16.2 Å². The van der Waals surface area contributed by atoms with Crippen LogP contribution in [0.2, 0.25) is 0 Å². The van der Waals surface area contributed by atoms with E-state index in [0.29, 0.717) is 11.6 Å². The third-order valence-electron chi connectivity index (χ3n) is 4.74. The number of nitrogens with zero attached hydrogens (tertiary/aromatic N) is 1. The summed E-state index contributed by atoms with van der Waals surface area (Å²) in [5.74, 6) is 0.470. The van der Waals surface area contributed by atoms with Gasteiger partial charge in [-0.3, -0.25) is 4.98 Å². The molecule has 0 spiro atoms. The van der Waals surface area contributed by atoms with Gasteiger partial charge in [-0.2, -0.15) is 0 Å². The molecule has 1 aromatic heterocycles. The number of nitrogens with one attached hydrogen (secondary N) is 3. The summed E-state index contributed by atoms with van der Waals surface area (Å²) >= 11 is 0. The molecule has 2 aliphatic heterocycles. The number of hydrogen-bond acceptors (Lipinski definition) is 4. The van der Waals surface area contributed by atoms with Crippen LogP contribution in [0.1, 0.15) is 29.2 Å². The molecule has 1 saturated heterocycles. The lowest BCUT2D eigenvalue weighted by molar-refractivity contribution is 0.194. The van der Waals surface area contributed by atoms with Gasteiger partial charge in [0.15, 0.2) is 0 Å². The number of hydrogen-bond donors (Lipinski definition) is 3. The summed E-state index contributed by atoms with van der Waals surface area (Å²) in [5, 5.41) is 9.03. The Morgan fingerprint density at radius 2 is 2.04 bits per heavy atom. The number of benzene rings is 1. The maximum absolute atomic E-state index is 12.2. The van der Waals surface area contributed by atoms with Gasteiger partial charge in [0.05, 0.1) is 18.5 Å². The third kappa shape index (κ3) is 3.81. The van der Waals surface area contributed by atoms with Crippen LogP contribution in [-0.2, 0) is 17.7 Å². The quantitative estimate of drug-likeness (QED) is 0.804. The number of aromatic nitrogens is 1. The first-order valence-electron chi connectivity index (χ1n) is 8.72. The first-order valence-corrected chi connectivity index (χ1v) is 8.72. The van der Waals surface area contributed by atoms with Gasteiger partial charge in [0.2, 0.25) is 0 Å². The molecule has 2 aromatic rings. The Balaban J connectivity index is 1.37. The second-order valence-corrected chi connectivity index (χ2v) is 6.52. The van der Waals surface area contributed by atoms with Crippen molar-refractivity contribution >= 4 is 17.4 Å². The maximum atomic E-state index is 12.2. The highest BCUT2D eigenvalue weighted by Crippen LogP contribution is 2.26. The second-order valence-electron chi connectivity index (χ2n) is 6.52. The fourth-order valence-electron chi connectivity index (χ4n) is 3.34. The normalized spacial score (nSPS) is 19.3. The van der Waals surface area contributed by atoms with Crippen LogP contribution < -0.4 is 16.0 Å². The van der Waals surface area contributed by atoms with E-state index < -0.39 is 0 Å². The number of pyridine rings is 1. The number of urea groups is 1. The van der Waals surface area contributed by atoms with Gasteiger partial charge in [-0.1, -0.05) is 12.1 Å². The largest absolute Gasteiger partial charge is 0.381 e. The molecule has 25 heavy (non-hydrogen) atoms. The van der Waals surface area contributed by atoms with E-state index in [2.05, 4.69) is 33.1 Å². The molecule has 3 N–H and O–H groups in total. The minimum absolute atomic E-state index is 0.262. The van der Waals surface area contributed by atoms with Crippen molar-refractivity contribution < 1.29 is 9.53 Å². The van der Waals surface area contributed by atoms with E-state index in [9.17, 15) is 4.79 Å². The number of amides is 2. The zero-order valence-corrected chi connectivity index (χ0v) is 14.0. The molecule has 0 radical (unpaired) electrons. The third-order valence-corrected chi connectivity index (χ3v) is 4.74. The summed E-state index contributed by atoms with van der Waals surface area (Å²) in [4.78, 5) is 16.6. The molecule has 0 aliphatic carbocycles. The van der Waals surface area contributed by atoms with Crippen molar-refractivity contribution in [3.05, 3.63) is 53.3 Å². The minimum Gasteiger partial charge on any atom is -0.381 e. The van der Waals surface area contributed by atoms with Gasteiger partial charge in [0, 0.05) is 43.4 Å². The standard InChI is InChI=1S/C19H22N4O2/c24-19(23-17-9-15-10-20-7-5-18(15)21-11-17)22-16-3-1-13(2-4-16)14-6-8-25-12-14/h1-4,9,11,14,20H,5-8,10,12H2,(H2,22,23,24). The molecule has 3 heterocycles. The first-order chi connectivity index (χ1) is 12.3. The molecule has 1 unspecified atom stereocenters. The number of rotatable bonds is 3. The lowest BCUT2D eigenvalue weighted by Gasteiger charge is -2.17. The molecule has 2 amide bonds. The van der Waals surface area contributed by atoms with E-state index in [0.717, 1.165) is 56.1 Å². The average Bonchev–Trinajstić information content (AvgIpc) is 3.17. The number of ether oxygens (including phenoxy) is 1. The summed E-state index contributed by atoms with van der Waals surface area (Å²) in [6.45, 7) is 3.37. The molecule has 6 heteroatoms. The topological polar surface area (TPSA) is 75.3 Å². The highest BCUT2D eigenvalue weighted by Gasteiger charge is 2.17. The minimum atomic E-state index is -0.262. The zero-order chi connectivity index (χ0) is 17.1. The van der Waals surface area contributed by atoms with Crippen LogP contribution in [0, 0.1) is 0 Å². The summed E-state index contributed by atoms with van der Waals surface area (Å²) in [5.41, 5.74) is 4.99. The van der Waals surface area contributed by atoms with E-state index >= 15 is 0 Å². The lowest BCUT2D eigenvalue weighted by Crippen LogP contribution is -2.25. The smallest absolute Gasteiger partial charge is 0.323 e. The fourth-order valence-corrected chi connectivity index (χ4v) is 3.34. The SMILES string of the molecule is O=C(Nc1ccc(C2CCOC2)cc1)Nc1cnc2c(c1)CNCC2. The van der Waals surface area contributed by atoms with Gasteiger partial charge in [-0.25, -0.2) is 4.79 Å². The summed E-state index contributed by atoms with van der Waals surface area (Å²) in [6, 6.07) is 9.70. The van der Waals surface area contributed by atoms with Gasteiger partial charge in [-0.15, -0.1) is 0 Å². The number of fused-ring (bicyclic) bond motifs is 1. The number of carbonyl (C=O) groups excluding carboxylic acids is 1. The van der Waals surface area contributed by atoms with Gasteiger partial charge >= 0.3 is 6.03 Å². The highest BCUT2D eigenvalue weighted by atomic mass is 16.5. The maximum Gasteiger partial charge on any atom is 0.323 e. The van der Waals surface area contributed by atoms with Crippen molar-refractivity contribution in [3.8, 4) is 0 Å². The molecule has 6 nitrogen and oxygen atoms in total. The Kier molecular flexibility index (Phi) is 4.63. The van der Waals surface area contributed by atoms with Crippen LogP contribution in [0.15, 0.2) is 36.5 Å². The summed E-state index contributed by atoms with van der Waals surface area (Å²) < 4.78 is 5.42. The van der Waals surface area contributed by atoms with Crippen LogP contribution in [0.5, 0.6) is 0 Å². The van der Waals surface area contributed by atoms with Crippen molar-refractivity contribution in [1.29, 1.82) is 0 Å². The predicted molar refractivity (Wildman–Crippen MR) is 96.9 cm³/mol. The molecular formula is C19H22N4O2. The van der Waals surface area contributed by atoms with Gasteiger partial charge in [-0.05, 0) is 35.7 Å². The first kappa shape index (κ1) is 16.1. The average molecular weight is 338 g/mol. The second kappa shape index (κ2) is 7.21. The van der Waals surface area contributed by atoms with E-state index in [1.54, 1.807) is 6.20 Å². The van der Waals surface area contributed by atoms with Gasteiger partial charge < -0.3 is 20.7 Å². The zero-order valence-electron chi connectivity index (χ0n) is 14.0. The molecule has 130 valence electrons.